The monoisotopic (exact) mass is 303 g/mol. The summed E-state index contributed by atoms with van der Waals surface area (Å²) in [6, 6.07) is 4.88. The molecule has 0 radical (unpaired) electrons. The van der Waals surface area contributed by atoms with Crippen LogP contribution in [0.25, 0.3) is 0 Å². The fraction of sp³-hybridized carbons (Fsp3) is 0.500. The van der Waals surface area contributed by atoms with E-state index in [0.717, 1.165) is 5.56 Å². The Labute approximate surface area is 124 Å². The summed E-state index contributed by atoms with van der Waals surface area (Å²) in [5.74, 6) is -0.280. The van der Waals surface area contributed by atoms with E-state index in [1.165, 1.54) is 0 Å². The van der Waals surface area contributed by atoms with Gasteiger partial charge in [0.2, 0.25) is 0 Å². The second-order valence-electron chi connectivity index (χ2n) is 5.37. The molecule has 1 aromatic carbocycles. The molecule has 1 atom stereocenters. The minimum atomic E-state index is -0.481. The molecular weight excluding hydrogens is 285 g/mol. The molecule has 0 heterocycles. The SMILES string of the molecule is CC(NCc1ccc(Cl)cc1Cl)C(=O)OC(C)(C)C. The highest BCUT2D eigenvalue weighted by molar-refractivity contribution is 6.35. The van der Waals surface area contributed by atoms with E-state index in [4.69, 9.17) is 27.9 Å². The maximum absolute atomic E-state index is 11.8. The van der Waals surface area contributed by atoms with Gasteiger partial charge in [-0.25, -0.2) is 0 Å². The number of ether oxygens (including phenoxy) is 1. The fourth-order valence-corrected chi connectivity index (χ4v) is 1.88. The van der Waals surface area contributed by atoms with Gasteiger partial charge in [0.1, 0.15) is 11.6 Å². The first-order valence-corrected chi connectivity index (χ1v) is 6.85. The second-order valence-corrected chi connectivity index (χ2v) is 6.22. The summed E-state index contributed by atoms with van der Waals surface area (Å²) in [6.07, 6.45) is 0. The Balaban J connectivity index is 2.54. The van der Waals surface area contributed by atoms with Crippen LogP contribution in [0.5, 0.6) is 0 Å². The van der Waals surface area contributed by atoms with E-state index in [9.17, 15) is 4.79 Å². The van der Waals surface area contributed by atoms with E-state index in [0.29, 0.717) is 16.6 Å². The number of carbonyl (C=O) groups excluding carboxylic acids is 1. The third-order valence-electron chi connectivity index (χ3n) is 2.37. The van der Waals surface area contributed by atoms with Crippen molar-refractivity contribution >= 4 is 29.2 Å². The first kappa shape index (κ1) is 16.3. The molecular formula is C14H19Cl2NO2. The average molecular weight is 304 g/mol. The van der Waals surface area contributed by atoms with Gasteiger partial charge < -0.3 is 10.1 Å². The zero-order chi connectivity index (χ0) is 14.6. The topological polar surface area (TPSA) is 38.3 Å². The van der Waals surface area contributed by atoms with Crippen LogP contribution in [0.15, 0.2) is 18.2 Å². The van der Waals surface area contributed by atoms with Gasteiger partial charge in [0.25, 0.3) is 0 Å². The molecule has 5 heteroatoms. The van der Waals surface area contributed by atoms with Crippen LogP contribution in [0.4, 0.5) is 0 Å². The fourth-order valence-electron chi connectivity index (χ4n) is 1.40. The molecule has 0 aromatic heterocycles. The second kappa shape index (κ2) is 6.60. The molecule has 0 spiro atoms. The number of halogens is 2. The van der Waals surface area contributed by atoms with Crippen molar-refractivity contribution in [2.75, 3.05) is 0 Å². The molecule has 1 rings (SSSR count). The van der Waals surface area contributed by atoms with Crippen molar-refractivity contribution in [3.63, 3.8) is 0 Å². The molecule has 19 heavy (non-hydrogen) atoms. The van der Waals surface area contributed by atoms with Gasteiger partial charge in [-0.15, -0.1) is 0 Å². The lowest BCUT2D eigenvalue weighted by Crippen LogP contribution is -2.38. The van der Waals surface area contributed by atoms with Crippen LogP contribution in [0.3, 0.4) is 0 Å². The van der Waals surface area contributed by atoms with E-state index in [2.05, 4.69) is 5.32 Å². The van der Waals surface area contributed by atoms with Crippen LogP contribution in [0, 0.1) is 0 Å². The van der Waals surface area contributed by atoms with E-state index in [1.54, 1.807) is 19.1 Å². The number of hydrogen-bond acceptors (Lipinski definition) is 3. The predicted molar refractivity (Wildman–Crippen MR) is 78.6 cm³/mol. The van der Waals surface area contributed by atoms with Gasteiger partial charge in [-0.1, -0.05) is 29.3 Å². The van der Waals surface area contributed by atoms with Crippen LogP contribution in [0.2, 0.25) is 10.0 Å². The van der Waals surface area contributed by atoms with Crippen LogP contribution in [0.1, 0.15) is 33.3 Å². The molecule has 1 unspecified atom stereocenters. The zero-order valence-corrected chi connectivity index (χ0v) is 13.1. The molecule has 0 aliphatic heterocycles. The molecule has 106 valence electrons. The Kier molecular flexibility index (Phi) is 5.65. The Morgan fingerprint density at radius 1 is 1.37 bits per heavy atom. The molecule has 0 saturated carbocycles. The van der Waals surface area contributed by atoms with Crippen molar-refractivity contribution in [2.24, 2.45) is 0 Å². The van der Waals surface area contributed by atoms with E-state index >= 15 is 0 Å². The smallest absolute Gasteiger partial charge is 0.323 e. The summed E-state index contributed by atoms with van der Waals surface area (Å²) in [7, 11) is 0. The lowest BCUT2D eigenvalue weighted by atomic mass is 10.2. The zero-order valence-electron chi connectivity index (χ0n) is 11.6. The Morgan fingerprint density at radius 3 is 2.53 bits per heavy atom. The van der Waals surface area contributed by atoms with Crippen LogP contribution in [-0.2, 0) is 16.1 Å². The Bertz CT molecular complexity index is 455. The minimum Gasteiger partial charge on any atom is -0.459 e. The lowest BCUT2D eigenvalue weighted by molar-refractivity contribution is -0.157. The van der Waals surface area contributed by atoms with Gasteiger partial charge in [0.15, 0.2) is 0 Å². The van der Waals surface area contributed by atoms with Crippen molar-refractivity contribution in [3.8, 4) is 0 Å². The Hall–Kier alpha value is -0.770. The summed E-state index contributed by atoms with van der Waals surface area (Å²) in [4.78, 5) is 11.8. The minimum absolute atomic E-state index is 0.280. The number of benzene rings is 1. The number of carbonyl (C=O) groups is 1. The molecule has 0 amide bonds. The molecule has 3 nitrogen and oxygen atoms in total. The van der Waals surface area contributed by atoms with Gasteiger partial charge in [-0.2, -0.15) is 0 Å². The first-order chi connectivity index (χ1) is 8.69. The van der Waals surface area contributed by atoms with Crippen molar-refractivity contribution in [1.29, 1.82) is 0 Å². The van der Waals surface area contributed by atoms with Gasteiger partial charge in [0, 0.05) is 16.6 Å². The summed E-state index contributed by atoms with van der Waals surface area (Å²) in [5, 5.41) is 4.25. The van der Waals surface area contributed by atoms with Gasteiger partial charge >= 0.3 is 5.97 Å². The van der Waals surface area contributed by atoms with Crippen LogP contribution in [-0.4, -0.2) is 17.6 Å². The highest BCUT2D eigenvalue weighted by Gasteiger charge is 2.21. The first-order valence-electron chi connectivity index (χ1n) is 6.09. The van der Waals surface area contributed by atoms with Gasteiger partial charge in [-0.05, 0) is 45.4 Å². The molecule has 0 saturated heterocycles. The average Bonchev–Trinajstić information content (AvgIpc) is 2.25. The van der Waals surface area contributed by atoms with Crippen molar-refractivity contribution in [2.45, 2.75) is 45.9 Å². The Morgan fingerprint density at radius 2 is 2.00 bits per heavy atom. The summed E-state index contributed by atoms with van der Waals surface area (Å²) in [5.41, 5.74) is 0.409. The number of nitrogens with one attached hydrogen (secondary N) is 1. The molecule has 0 aliphatic rings. The standard InChI is InChI=1S/C14H19Cl2NO2/c1-9(13(18)19-14(2,3)4)17-8-10-5-6-11(15)7-12(10)16/h5-7,9,17H,8H2,1-4H3. The highest BCUT2D eigenvalue weighted by atomic mass is 35.5. The maximum atomic E-state index is 11.8. The number of rotatable bonds is 4. The predicted octanol–water partition coefficient (Wildman–Crippen LogP) is 3.81. The van der Waals surface area contributed by atoms with Crippen LogP contribution >= 0.6 is 23.2 Å². The molecule has 0 fully saturated rings. The van der Waals surface area contributed by atoms with E-state index in [-0.39, 0.29) is 5.97 Å². The van der Waals surface area contributed by atoms with E-state index in [1.807, 2.05) is 26.8 Å². The number of esters is 1. The summed E-state index contributed by atoms with van der Waals surface area (Å²) in [6.45, 7) is 7.77. The van der Waals surface area contributed by atoms with Crippen molar-refractivity contribution in [3.05, 3.63) is 33.8 Å². The normalized spacial score (nSPS) is 13.2. The van der Waals surface area contributed by atoms with Crippen LogP contribution < -0.4 is 5.32 Å². The summed E-state index contributed by atoms with van der Waals surface area (Å²) < 4.78 is 5.28. The lowest BCUT2D eigenvalue weighted by Gasteiger charge is -2.22. The third-order valence-corrected chi connectivity index (χ3v) is 2.96. The molecule has 0 aliphatic carbocycles. The third kappa shape index (κ3) is 5.81. The molecule has 1 N–H and O–H groups in total. The van der Waals surface area contributed by atoms with E-state index < -0.39 is 11.6 Å². The number of hydrogen-bond donors (Lipinski definition) is 1. The summed E-state index contributed by atoms with van der Waals surface area (Å²) >= 11 is 11.9. The van der Waals surface area contributed by atoms with Crippen molar-refractivity contribution in [1.82, 2.24) is 5.32 Å². The molecule has 1 aromatic rings. The van der Waals surface area contributed by atoms with Gasteiger partial charge in [-0.3, -0.25) is 4.79 Å². The largest absolute Gasteiger partial charge is 0.459 e. The maximum Gasteiger partial charge on any atom is 0.323 e. The quantitative estimate of drug-likeness (QED) is 0.860. The van der Waals surface area contributed by atoms with Crippen molar-refractivity contribution < 1.29 is 9.53 Å². The molecule has 0 bridgehead atoms. The highest BCUT2D eigenvalue weighted by Crippen LogP contribution is 2.20. The van der Waals surface area contributed by atoms with Gasteiger partial charge in [0.05, 0.1) is 0 Å².